The average Bonchev–Trinajstić information content (AvgIpc) is 3.41. The molecule has 0 aromatic heterocycles. The summed E-state index contributed by atoms with van der Waals surface area (Å²) in [5.74, 6) is 0. The first kappa shape index (κ1) is 25.5. The topological polar surface area (TPSA) is 18.5 Å². The fraction of sp³-hybridized carbons (Fsp3) is 1.00. The molecule has 2 rings (SSSR count). The predicted octanol–water partition coefficient (Wildman–Crippen LogP) is 8.32. The van der Waals surface area contributed by atoms with Crippen LogP contribution in [0.15, 0.2) is 0 Å². The molecule has 0 bridgehead atoms. The lowest BCUT2D eigenvalue weighted by atomic mass is 10.0. The molecule has 0 N–H and O–H groups in total. The maximum Gasteiger partial charge on any atom is 0.0576 e. The van der Waals surface area contributed by atoms with Gasteiger partial charge in [-0.2, -0.15) is 11.8 Å². The molecule has 0 amide bonds. The van der Waals surface area contributed by atoms with Crippen molar-refractivity contribution in [3.63, 3.8) is 0 Å². The third-order valence-electron chi connectivity index (χ3n) is 6.76. The van der Waals surface area contributed by atoms with E-state index < -0.39 is 0 Å². The number of ether oxygens (including phenoxy) is 2. The zero-order chi connectivity index (χ0) is 20.6. The van der Waals surface area contributed by atoms with E-state index in [9.17, 15) is 0 Å². The summed E-state index contributed by atoms with van der Waals surface area (Å²) in [6.45, 7) is 6.75. The number of hydrogen-bond acceptors (Lipinski definition) is 3. The highest BCUT2D eigenvalue weighted by Gasteiger charge is 2.18. The standard InChI is InChI=1S/C26H50O2S/c1-3-13-25(19-9-5-7-15-23-17-11-21-27-23)29-26(14-4-2)20-10-6-8-16-24-18-12-22-28-24/h23-26H,3-22H2,1-2H3. The van der Waals surface area contributed by atoms with Crippen molar-refractivity contribution in [3.8, 4) is 0 Å². The Morgan fingerprint density at radius 3 is 1.52 bits per heavy atom. The Labute approximate surface area is 186 Å². The van der Waals surface area contributed by atoms with Gasteiger partial charge in [0.05, 0.1) is 12.2 Å². The predicted molar refractivity (Wildman–Crippen MR) is 129 cm³/mol. The lowest BCUT2D eigenvalue weighted by Crippen LogP contribution is -2.12. The number of thioether (sulfide) groups is 1. The van der Waals surface area contributed by atoms with Crippen LogP contribution in [0, 0.1) is 0 Å². The average molecular weight is 427 g/mol. The lowest BCUT2D eigenvalue weighted by Gasteiger charge is -2.23. The van der Waals surface area contributed by atoms with Crippen LogP contribution >= 0.6 is 11.8 Å². The van der Waals surface area contributed by atoms with E-state index in [2.05, 4.69) is 25.6 Å². The summed E-state index contributed by atoms with van der Waals surface area (Å²) in [6.07, 6.45) is 25.7. The van der Waals surface area contributed by atoms with Gasteiger partial charge in [0, 0.05) is 23.7 Å². The Hall–Kier alpha value is 0.270. The van der Waals surface area contributed by atoms with E-state index in [1.807, 2.05) is 0 Å². The second-order valence-electron chi connectivity index (χ2n) is 9.50. The highest BCUT2D eigenvalue weighted by Crippen LogP contribution is 2.32. The van der Waals surface area contributed by atoms with Gasteiger partial charge in [0.15, 0.2) is 0 Å². The number of unbranched alkanes of at least 4 members (excludes halogenated alkanes) is 4. The SMILES string of the molecule is CCCC(CCCCCC1CCCO1)SC(CCC)CCCCCC1CCCO1. The lowest BCUT2D eigenvalue weighted by molar-refractivity contribution is 0.102. The third kappa shape index (κ3) is 12.0. The summed E-state index contributed by atoms with van der Waals surface area (Å²) in [5.41, 5.74) is 0. The van der Waals surface area contributed by atoms with E-state index in [-0.39, 0.29) is 0 Å². The van der Waals surface area contributed by atoms with Gasteiger partial charge in [0.2, 0.25) is 0 Å². The van der Waals surface area contributed by atoms with Gasteiger partial charge in [-0.1, -0.05) is 65.2 Å². The van der Waals surface area contributed by atoms with Crippen molar-refractivity contribution in [3.05, 3.63) is 0 Å². The first-order chi connectivity index (χ1) is 14.3. The molecule has 0 radical (unpaired) electrons. The molecule has 2 aliphatic heterocycles. The van der Waals surface area contributed by atoms with E-state index >= 15 is 0 Å². The second-order valence-corrected chi connectivity index (χ2v) is 11.1. The van der Waals surface area contributed by atoms with Gasteiger partial charge >= 0.3 is 0 Å². The monoisotopic (exact) mass is 426 g/mol. The van der Waals surface area contributed by atoms with Crippen molar-refractivity contribution in [2.45, 2.75) is 152 Å². The molecule has 4 atom stereocenters. The molecule has 0 spiro atoms. The first-order valence-corrected chi connectivity index (χ1v) is 14.1. The zero-order valence-electron chi connectivity index (χ0n) is 19.7. The number of rotatable bonds is 18. The van der Waals surface area contributed by atoms with Gasteiger partial charge in [-0.3, -0.25) is 0 Å². The van der Waals surface area contributed by atoms with Crippen molar-refractivity contribution in [1.29, 1.82) is 0 Å². The Balaban J connectivity index is 1.56. The molecular weight excluding hydrogens is 376 g/mol. The minimum absolute atomic E-state index is 0.588. The van der Waals surface area contributed by atoms with Crippen LogP contribution < -0.4 is 0 Å². The molecule has 172 valence electrons. The van der Waals surface area contributed by atoms with Crippen LogP contribution in [0.25, 0.3) is 0 Å². The van der Waals surface area contributed by atoms with E-state index in [1.165, 1.54) is 116 Å². The van der Waals surface area contributed by atoms with Crippen LogP contribution in [-0.4, -0.2) is 35.9 Å². The summed E-state index contributed by atoms with van der Waals surface area (Å²) in [5, 5.41) is 1.79. The third-order valence-corrected chi connectivity index (χ3v) is 8.47. The maximum absolute atomic E-state index is 5.77. The van der Waals surface area contributed by atoms with E-state index in [1.54, 1.807) is 0 Å². The summed E-state index contributed by atoms with van der Waals surface area (Å²) in [6, 6.07) is 0. The molecule has 2 aliphatic rings. The fourth-order valence-electron chi connectivity index (χ4n) is 5.06. The Bertz CT molecular complexity index is 330. The quantitative estimate of drug-likeness (QED) is 0.205. The molecule has 0 aliphatic carbocycles. The molecule has 0 aromatic rings. The van der Waals surface area contributed by atoms with Crippen molar-refractivity contribution in [2.24, 2.45) is 0 Å². The zero-order valence-corrected chi connectivity index (χ0v) is 20.5. The van der Waals surface area contributed by atoms with E-state index in [0.717, 1.165) is 23.7 Å². The van der Waals surface area contributed by atoms with Crippen molar-refractivity contribution in [2.75, 3.05) is 13.2 Å². The smallest absolute Gasteiger partial charge is 0.0576 e. The molecule has 3 heteroatoms. The largest absolute Gasteiger partial charge is 0.378 e. The molecule has 4 unspecified atom stereocenters. The maximum atomic E-state index is 5.77. The van der Waals surface area contributed by atoms with Crippen LogP contribution in [0.3, 0.4) is 0 Å². The number of hydrogen-bond donors (Lipinski definition) is 0. The Kier molecular flexibility index (Phi) is 14.9. The molecule has 2 fully saturated rings. The van der Waals surface area contributed by atoms with E-state index in [4.69, 9.17) is 9.47 Å². The Morgan fingerprint density at radius 2 is 1.14 bits per heavy atom. The summed E-state index contributed by atoms with van der Waals surface area (Å²) < 4.78 is 11.5. The molecule has 29 heavy (non-hydrogen) atoms. The van der Waals surface area contributed by atoms with Gasteiger partial charge in [0.25, 0.3) is 0 Å². The first-order valence-electron chi connectivity index (χ1n) is 13.2. The molecule has 0 saturated carbocycles. The second kappa shape index (κ2) is 16.9. The summed E-state index contributed by atoms with van der Waals surface area (Å²) in [7, 11) is 0. The van der Waals surface area contributed by atoms with E-state index in [0.29, 0.717) is 12.2 Å². The Morgan fingerprint density at radius 1 is 0.655 bits per heavy atom. The van der Waals surface area contributed by atoms with Gasteiger partial charge in [-0.05, 0) is 64.2 Å². The van der Waals surface area contributed by atoms with Crippen LogP contribution in [0.5, 0.6) is 0 Å². The van der Waals surface area contributed by atoms with Gasteiger partial charge < -0.3 is 9.47 Å². The van der Waals surface area contributed by atoms with Crippen LogP contribution in [0.4, 0.5) is 0 Å². The van der Waals surface area contributed by atoms with Crippen molar-refractivity contribution in [1.82, 2.24) is 0 Å². The molecule has 0 aromatic carbocycles. The summed E-state index contributed by atoms with van der Waals surface area (Å²) >= 11 is 2.36. The summed E-state index contributed by atoms with van der Waals surface area (Å²) in [4.78, 5) is 0. The molecule has 2 saturated heterocycles. The minimum Gasteiger partial charge on any atom is -0.378 e. The van der Waals surface area contributed by atoms with Crippen LogP contribution in [0.2, 0.25) is 0 Å². The van der Waals surface area contributed by atoms with Gasteiger partial charge in [-0.25, -0.2) is 0 Å². The van der Waals surface area contributed by atoms with Crippen LogP contribution in [0.1, 0.15) is 129 Å². The van der Waals surface area contributed by atoms with Gasteiger partial charge in [0.1, 0.15) is 0 Å². The van der Waals surface area contributed by atoms with Gasteiger partial charge in [-0.15, -0.1) is 0 Å². The minimum atomic E-state index is 0.588. The molecule has 2 nitrogen and oxygen atoms in total. The van der Waals surface area contributed by atoms with Crippen molar-refractivity contribution < 1.29 is 9.47 Å². The van der Waals surface area contributed by atoms with Crippen LogP contribution in [-0.2, 0) is 9.47 Å². The highest BCUT2D eigenvalue weighted by molar-refractivity contribution is 8.00. The normalized spacial score (nSPS) is 24.2. The fourth-order valence-corrected chi connectivity index (χ4v) is 6.96. The van der Waals surface area contributed by atoms with Crippen molar-refractivity contribution >= 4 is 11.8 Å². The highest BCUT2D eigenvalue weighted by atomic mass is 32.2. The molecule has 2 heterocycles. The molecular formula is C26H50O2S.